The van der Waals surface area contributed by atoms with Gasteiger partial charge in [0, 0.05) is 51.5 Å². The van der Waals surface area contributed by atoms with Crippen LogP contribution in [0.4, 0.5) is 5.69 Å². The maximum atomic E-state index is 13.0. The van der Waals surface area contributed by atoms with Crippen molar-refractivity contribution >= 4 is 45.2 Å². The average molecular weight is 503 g/mol. The summed E-state index contributed by atoms with van der Waals surface area (Å²) in [5.74, 6) is 0.194. The monoisotopic (exact) mass is 502 g/mol. The number of nitrogens with zero attached hydrogens (tertiary/aromatic N) is 3. The maximum absolute atomic E-state index is 13.0. The summed E-state index contributed by atoms with van der Waals surface area (Å²) < 4.78 is 4.35. The van der Waals surface area contributed by atoms with E-state index in [1.165, 1.54) is 28.2 Å². The van der Waals surface area contributed by atoms with E-state index in [-0.39, 0.29) is 11.7 Å². The quantitative estimate of drug-likeness (QED) is 0.231. The zero-order valence-corrected chi connectivity index (χ0v) is 21.3. The lowest BCUT2D eigenvalue weighted by Gasteiger charge is -2.08. The minimum Gasteiger partial charge on any atom is -0.341 e. The van der Waals surface area contributed by atoms with Gasteiger partial charge in [0.2, 0.25) is 5.91 Å². The Morgan fingerprint density at radius 1 is 0.838 bits per heavy atom. The van der Waals surface area contributed by atoms with E-state index in [0.29, 0.717) is 0 Å². The Morgan fingerprint density at radius 3 is 2.32 bits per heavy atom. The van der Waals surface area contributed by atoms with E-state index in [1.807, 2.05) is 77.5 Å². The third kappa shape index (κ3) is 4.52. The van der Waals surface area contributed by atoms with Crippen LogP contribution in [0, 0.1) is 0 Å². The fraction of sp³-hybridized carbons (Fsp3) is 0.0968. The van der Waals surface area contributed by atoms with E-state index in [9.17, 15) is 4.79 Å². The number of carbonyl (C=O) groups excluding carboxylic acids is 1. The molecule has 0 aliphatic rings. The molecule has 0 saturated heterocycles. The average Bonchev–Trinajstić information content (AvgIpc) is 3.52. The minimum absolute atomic E-state index is 0.0625. The lowest BCUT2D eigenvalue weighted by Crippen LogP contribution is -2.14. The predicted molar refractivity (Wildman–Crippen MR) is 153 cm³/mol. The topological polar surface area (TPSA) is 51.9 Å². The first-order valence-corrected chi connectivity index (χ1v) is 13.3. The van der Waals surface area contributed by atoms with Crippen molar-refractivity contribution in [2.75, 3.05) is 11.1 Å². The fourth-order valence-corrected chi connectivity index (χ4v) is 5.58. The van der Waals surface area contributed by atoms with Gasteiger partial charge in [0.1, 0.15) is 0 Å². The minimum atomic E-state index is -0.0625. The van der Waals surface area contributed by atoms with Crippen LogP contribution in [0.25, 0.3) is 38.8 Å². The fourth-order valence-electron chi connectivity index (χ4n) is 4.79. The smallest absolute Gasteiger partial charge is 0.234 e. The highest BCUT2D eigenvalue weighted by Crippen LogP contribution is 2.31. The molecular formula is C31H26N4OS. The van der Waals surface area contributed by atoms with Gasteiger partial charge in [-0.25, -0.2) is 4.98 Å². The van der Waals surface area contributed by atoms with E-state index < -0.39 is 0 Å². The maximum Gasteiger partial charge on any atom is 0.234 e. The molecular weight excluding hydrogens is 476 g/mol. The van der Waals surface area contributed by atoms with Crippen LogP contribution in [-0.4, -0.2) is 25.8 Å². The number of aryl methyl sites for hydroxylation is 1. The molecule has 0 atom stereocenters. The van der Waals surface area contributed by atoms with Crippen LogP contribution >= 0.6 is 11.8 Å². The van der Waals surface area contributed by atoms with Crippen molar-refractivity contribution in [3.8, 4) is 16.9 Å². The summed E-state index contributed by atoms with van der Waals surface area (Å²) in [6, 6.07) is 34.7. The zero-order chi connectivity index (χ0) is 25.2. The Bertz CT molecular complexity index is 1700. The van der Waals surface area contributed by atoms with Crippen molar-refractivity contribution in [2.45, 2.75) is 18.6 Å². The summed E-state index contributed by atoms with van der Waals surface area (Å²) in [6.07, 6.45) is 2.03. The molecule has 2 aromatic heterocycles. The standard InChI is InChI=1S/C31H26N4OS/c1-2-34-28-16-10-9-15-25(28)26-19-23(17-18-29(26)34)32-30(36)21-37-31-33-27(22-11-5-3-6-12-22)20-35(31)24-13-7-4-8-14-24/h3-20H,2,21H2,1H3,(H,32,36). The van der Waals surface area contributed by atoms with Crippen LogP contribution in [0.15, 0.2) is 114 Å². The number of fused-ring (bicyclic) bond motifs is 3. The summed E-state index contributed by atoms with van der Waals surface area (Å²) in [6.45, 7) is 3.05. The second kappa shape index (κ2) is 9.99. The first kappa shape index (κ1) is 23.1. The molecule has 1 N–H and O–H groups in total. The number of amides is 1. The Balaban J connectivity index is 1.24. The van der Waals surface area contributed by atoms with Gasteiger partial charge in [-0.2, -0.15) is 0 Å². The Kier molecular flexibility index (Phi) is 6.25. The van der Waals surface area contributed by atoms with Crippen molar-refractivity contribution in [3.05, 3.63) is 109 Å². The van der Waals surface area contributed by atoms with Crippen molar-refractivity contribution in [2.24, 2.45) is 0 Å². The largest absolute Gasteiger partial charge is 0.341 e. The molecule has 5 nitrogen and oxygen atoms in total. The van der Waals surface area contributed by atoms with Crippen molar-refractivity contribution < 1.29 is 4.79 Å². The number of anilines is 1. The van der Waals surface area contributed by atoms with Gasteiger partial charge < -0.3 is 9.88 Å². The molecule has 182 valence electrons. The number of rotatable bonds is 7. The summed E-state index contributed by atoms with van der Waals surface area (Å²) in [7, 11) is 0. The molecule has 0 aliphatic carbocycles. The molecule has 37 heavy (non-hydrogen) atoms. The van der Waals surface area contributed by atoms with E-state index in [4.69, 9.17) is 4.98 Å². The molecule has 0 unspecified atom stereocenters. The molecule has 2 heterocycles. The first-order valence-electron chi connectivity index (χ1n) is 12.3. The number of carbonyl (C=O) groups is 1. The van der Waals surface area contributed by atoms with Gasteiger partial charge in [0.05, 0.1) is 11.4 Å². The van der Waals surface area contributed by atoms with Gasteiger partial charge in [-0.1, -0.05) is 78.5 Å². The number of hydrogen-bond acceptors (Lipinski definition) is 3. The van der Waals surface area contributed by atoms with Gasteiger partial charge in [0.15, 0.2) is 5.16 Å². The third-order valence-electron chi connectivity index (χ3n) is 6.48. The second-order valence-electron chi connectivity index (χ2n) is 8.81. The van der Waals surface area contributed by atoms with Crippen molar-refractivity contribution in [1.29, 1.82) is 0 Å². The SMILES string of the molecule is CCn1c2ccccc2c2cc(NC(=O)CSc3nc(-c4ccccc4)cn3-c3ccccc3)ccc21. The molecule has 0 saturated carbocycles. The molecule has 0 aliphatic heterocycles. The number of aromatic nitrogens is 3. The highest BCUT2D eigenvalue weighted by molar-refractivity contribution is 7.99. The predicted octanol–water partition coefficient (Wildman–Crippen LogP) is 7.40. The van der Waals surface area contributed by atoms with E-state index in [0.717, 1.165) is 39.7 Å². The highest BCUT2D eigenvalue weighted by Gasteiger charge is 2.15. The molecule has 6 aromatic rings. The summed E-state index contributed by atoms with van der Waals surface area (Å²) in [5.41, 5.74) is 6.12. The summed E-state index contributed by atoms with van der Waals surface area (Å²) >= 11 is 1.43. The number of thioether (sulfide) groups is 1. The van der Waals surface area contributed by atoms with E-state index in [1.54, 1.807) is 0 Å². The van der Waals surface area contributed by atoms with Gasteiger partial charge in [-0.05, 0) is 43.3 Å². The Labute approximate surface area is 219 Å². The van der Waals surface area contributed by atoms with Crippen LogP contribution in [0.2, 0.25) is 0 Å². The summed E-state index contributed by atoms with van der Waals surface area (Å²) in [4.78, 5) is 17.9. The second-order valence-corrected chi connectivity index (χ2v) is 9.75. The van der Waals surface area contributed by atoms with Gasteiger partial charge in [0.25, 0.3) is 0 Å². The first-order chi connectivity index (χ1) is 18.2. The van der Waals surface area contributed by atoms with Crippen molar-refractivity contribution in [1.82, 2.24) is 14.1 Å². The molecule has 6 heteroatoms. The third-order valence-corrected chi connectivity index (χ3v) is 7.43. The highest BCUT2D eigenvalue weighted by atomic mass is 32.2. The number of hydrogen-bond donors (Lipinski definition) is 1. The van der Waals surface area contributed by atoms with E-state index >= 15 is 0 Å². The molecule has 4 aromatic carbocycles. The van der Waals surface area contributed by atoms with Gasteiger partial charge in [-0.15, -0.1) is 0 Å². The normalized spacial score (nSPS) is 11.3. The Morgan fingerprint density at radius 2 is 1.54 bits per heavy atom. The lowest BCUT2D eigenvalue weighted by molar-refractivity contribution is -0.113. The number of nitrogens with one attached hydrogen (secondary N) is 1. The molecule has 0 radical (unpaired) electrons. The van der Waals surface area contributed by atoms with Crippen LogP contribution < -0.4 is 5.32 Å². The van der Waals surface area contributed by atoms with Gasteiger partial charge >= 0.3 is 0 Å². The van der Waals surface area contributed by atoms with Crippen LogP contribution in [0.3, 0.4) is 0 Å². The van der Waals surface area contributed by atoms with Crippen LogP contribution in [-0.2, 0) is 11.3 Å². The molecule has 6 rings (SSSR count). The molecule has 0 bridgehead atoms. The number of para-hydroxylation sites is 2. The summed E-state index contributed by atoms with van der Waals surface area (Å²) in [5, 5.41) is 6.21. The van der Waals surface area contributed by atoms with E-state index in [2.05, 4.69) is 53.2 Å². The molecule has 0 fully saturated rings. The lowest BCUT2D eigenvalue weighted by atomic mass is 10.1. The van der Waals surface area contributed by atoms with Crippen molar-refractivity contribution in [3.63, 3.8) is 0 Å². The number of benzene rings is 4. The Hall–Kier alpha value is -4.29. The van der Waals surface area contributed by atoms with Crippen LogP contribution in [0.5, 0.6) is 0 Å². The zero-order valence-electron chi connectivity index (χ0n) is 20.5. The molecule has 0 spiro atoms. The van der Waals surface area contributed by atoms with Gasteiger partial charge in [-0.3, -0.25) is 9.36 Å². The van der Waals surface area contributed by atoms with Crippen LogP contribution in [0.1, 0.15) is 6.92 Å². The molecule has 1 amide bonds. The number of imidazole rings is 1.